The number of nitrogens with one attached hydrogen (secondary N) is 2. The lowest BCUT2D eigenvalue weighted by atomic mass is 10.1. The van der Waals surface area contributed by atoms with E-state index in [-0.39, 0.29) is 6.04 Å². The average Bonchev–Trinajstić information content (AvgIpc) is 2.86. The molecule has 23 heavy (non-hydrogen) atoms. The maximum Gasteiger partial charge on any atom is 0.171 e. The maximum absolute atomic E-state index is 5.48. The lowest BCUT2D eigenvalue weighted by Crippen LogP contribution is -2.31. The van der Waals surface area contributed by atoms with Crippen LogP contribution < -0.4 is 10.6 Å². The summed E-state index contributed by atoms with van der Waals surface area (Å²) >= 11 is 5.48. The molecule has 1 heterocycles. The number of hydrogen-bond acceptors (Lipinski definition) is 2. The fraction of sp³-hybridized carbons (Fsp3) is 0.222. The van der Waals surface area contributed by atoms with Gasteiger partial charge in [-0.3, -0.25) is 4.68 Å². The molecule has 2 aromatic carbocycles. The van der Waals surface area contributed by atoms with Crippen LogP contribution in [0, 0.1) is 6.92 Å². The zero-order chi connectivity index (χ0) is 16.4. The molecule has 0 aliphatic heterocycles. The van der Waals surface area contributed by atoms with E-state index in [1.165, 1.54) is 5.39 Å². The Kier molecular flexibility index (Phi) is 4.30. The van der Waals surface area contributed by atoms with Crippen LogP contribution in [0.1, 0.15) is 24.2 Å². The van der Waals surface area contributed by atoms with Gasteiger partial charge in [-0.05, 0) is 37.5 Å². The number of benzene rings is 2. The molecule has 1 aromatic heterocycles. The highest BCUT2D eigenvalue weighted by Crippen LogP contribution is 2.23. The number of thiocarbonyl (C=S) groups is 1. The normalized spacial score (nSPS) is 12.1. The Hall–Kier alpha value is -2.40. The van der Waals surface area contributed by atoms with Gasteiger partial charge in [0.15, 0.2) is 5.11 Å². The van der Waals surface area contributed by atoms with Crippen molar-refractivity contribution in [3.05, 3.63) is 59.9 Å². The van der Waals surface area contributed by atoms with Gasteiger partial charge in [-0.25, -0.2) is 0 Å². The first-order valence-electron chi connectivity index (χ1n) is 7.60. The van der Waals surface area contributed by atoms with Gasteiger partial charge in [0, 0.05) is 29.9 Å². The molecule has 0 aliphatic carbocycles. The molecule has 0 saturated heterocycles. The van der Waals surface area contributed by atoms with Gasteiger partial charge in [0.2, 0.25) is 0 Å². The average molecular weight is 324 g/mol. The molecule has 0 radical (unpaired) electrons. The largest absolute Gasteiger partial charge is 0.356 e. The van der Waals surface area contributed by atoms with E-state index < -0.39 is 0 Å². The summed E-state index contributed by atoms with van der Waals surface area (Å²) in [5, 5.41) is 14.0. The Labute approximate surface area is 141 Å². The van der Waals surface area contributed by atoms with E-state index in [4.69, 9.17) is 12.2 Å². The molecule has 5 heteroatoms. The van der Waals surface area contributed by atoms with E-state index in [0.717, 1.165) is 22.3 Å². The van der Waals surface area contributed by atoms with E-state index in [1.807, 2.05) is 49.1 Å². The van der Waals surface area contributed by atoms with Crippen LogP contribution in [0.3, 0.4) is 0 Å². The van der Waals surface area contributed by atoms with Gasteiger partial charge in [-0.15, -0.1) is 0 Å². The summed E-state index contributed by atoms with van der Waals surface area (Å²) in [6, 6.07) is 14.5. The second-order valence-corrected chi connectivity index (χ2v) is 6.10. The molecule has 0 fully saturated rings. The van der Waals surface area contributed by atoms with Crippen molar-refractivity contribution in [2.45, 2.75) is 19.9 Å². The molecular formula is C18H20N4S. The predicted molar refractivity (Wildman–Crippen MR) is 99.7 cm³/mol. The molecule has 0 aliphatic rings. The summed E-state index contributed by atoms with van der Waals surface area (Å²) < 4.78 is 1.82. The van der Waals surface area contributed by atoms with Crippen LogP contribution in [0.2, 0.25) is 0 Å². The third-order valence-corrected chi connectivity index (χ3v) is 4.12. The van der Waals surface area contributed by atoms with Crippen molar-refractivity contribution in [1.29, 1.82) is 0 Å². The van der Waals surface area contributed by atoms with Crippen molar-refractivity contribution in [3.63, 3.8) is 0 Å². The second kappa shape index (κ2) is 6.38. The molecule has 0 saturated carbocycles. The molecular weight excluding hydrogens is 304 g/mol. The molecule has 4 nitrogen and oxygen atoms in total. The molecule has 3 rings (SSSR count). The highest BCUT2D eigenvalue weighted by molar-refractivity contribution is 7.80. The zero-order valence-electron chi connectivity index (χ0n) is 13.5. The molecule has 0 bridgehead atoms. The van der Waals surface area contributed by atoms with Crippen LogP contribution in [0.25, 0.3) is 10.8 Å². The van der Waals surface area contributed by atoms with Crippen LogP contribution in [0.15, 0.2) is 48.7 Å². The lowest BCUT2D eigenvalue weighted by molar-refractivity contribution is 0.715. The monoisotopic (exact) mass is 324 g/mol. The third-order valence-electron chi connectivity index (χ3n) is 3.90. The summed E-state index contributed by atoms with van der Waals surface area (Å²) in [7, 11) is 1.93. The Bertz CT molecular complexity index is 848. The minimum atomic E-state index is 0.0960. The predicted octanol–water partition coefficient (Wildman–Crippen LogP) is 3.93. The summed E-state index contributed by atoms with van der Waals surface area (Å²) in [6.45, 7) is 4.09. The Morgan fingerprint density at radius 2 is 1.91 bits per heavy atom. The van der Waals surface area contributed by atoms with Crippen LogP contribution in [0.5, 0.6) is 0 Å². The van der Waals surface area contributed by atoms with Gasteiger partial charge in [0.1, 0.15) is 0 Å². The topological polar surface area (TPSA) is 41.9 Å². The first-order chi connectivity index (χ1) is 11.0. The van der Waals surface area contributed by atoms with Crippen molar-refractivity contribution in [1.82, 2.24) is 15.1 Å². The van der Waals surface area contributed by atoms with Gasteiger partial charge in [0.25, 0.3) is 0 Å². The van der Waals surface area contributed by atoms with Gasteiger partial charge < -0.3 is 10.6 Å². The SMILES string of the molecule is Cc1nn(C)cc1C(C)NC(=S)Nc1cccc2ccccc12. The quantitative estimate of drug-likeness (QED) is 0.716. The molecule has 0 amide bonds. The Balaban J connectivity index is 1.75. The van der Waals surface area contributed by atoms with Gasteiger partial charge in [0.05, 0.1) is 11.7 Å². The van der Waals surface area contributed by atoms with Crippen LogP contribution in [-0.2, 0) is 7.05 Å². The number of anilines is 1. The highest BCUT2D eigenvalue weighted by atomic mass is 32.1. The summed E-state index contributed by atoms with van der Waals surface area (Å²) in [5.41, 5.74) is 3.17. The van der Waals surface area contributed by atoms with Crippen molar-refractivity contribution in [2.75, 3.05) is 5.32 Å². The number of hydrogen-bond donors (Lipinski definition) is 2. The highest BCUT2D eigenvalue weighted by Gasteiger charge is 2.13. The number of rotatable bonds is 3. The van der Waals surface area contributed by atoms with E-state index >= 15 is 0 Å². The van der Waals surface area contributed by atoms with Crippen LogP contribution in [0.4, 0.5) is 5.69 Å². The first-order valence-corrected chi connectivity index (χ1v) is 8.01. The Morgan fingerprint density at radius 1 is 1.17 bits per heavy atom. The molecule has 1 atom stereocenters. The lowest BCUT2D eigenvalue weighted by Gasteiger charge is -2.17. The number of fused-ring (bicyclic) bond motifs is 1. The minimum absolute atomic E-state index is 0.0960. The Morgan fingerprint density at radius 3 is 2.65 bits per heavy atom. The van der Waals surface area contributed by atoms with E-state index in [1.54, 1.807) is 0 Å². The summed E-state index contributed by atoms with van der Waals surface area (Å²) in [5.74, 6) is 0. The van der Waals surface area contributed by atoms with Crippen molar-refractivity contribution < 1.29 is 0 Å². The number of nitrogens with zero attached hydrogens (tertiary/aromatic N) is 2. The molecule has 3 aromatic rings. The fourth-order valence-electron chi connectivity index (χ4n) is 2.81. The number of aromatic nitrogens is 2. The standard InChI is InChI=1S/C18H20N4S/c1-12(16-11-22(3)21-13(16)2)19-18(23)20-17-10-6-8-14-7-4-5-9-15(14)17/h4-12H,1-3H3,(H2,19,20,23). The molecule has 118 valence electrons. The third kappa shape index (κ3) is 3.35. The second-order valence-electron chi connectivity index (χ2n) is 5.69. The fourth-order valence-corrected chi connectivity index (χ4v) is 3.10. The maximum atomic E-state index is 5.48. The van der Waals surface area contributed by atoms with Gasteiger partial charge in [-0.2, -0.15) is 5.10 Å². The number of aryl methyl sites for hydroxylation is 2. The van der Waals surface area contributed by atoms with Gasteiger partial charge in [-0.1, -0.05) is 36.4 Å². The van der Waals surface area contributed by atoms with Crippen molar-refractivity contribution >= 4 is 33.8 Å². The minimum Gasteiger partial charge on any atom is -0.356 e. The van der Waals surface area contributed by atoms with Gasteiger partial charge >= 0.3 is 0 Å². The molecule has 1 unspecified atom stereocenters. The van der Waals surface area contributed by atoms with E-state index in [9.17, 15) is 0 Å². The smallest absolute Gasteiger partial charge is 0.171 e. The first kappa shape index (κ1) is 15.5. The summed E-state index contributed by atoms with van der Waals surface area (Å²) in [4.78, 5) is 0. The molecule has 2 N–H and O–H groups in total. The zero-order valence-corrected chi connectivity index (χ0v) is 14.3. The molecule has 0 spiro atoms. The van der Waals surface area contributed by atoms with Crippen molar-refractivity contribution in [2.24, 2.45) is 7.05 Å². The van der Waals surface area contributed by atoms with E-state index in [0.29, 0.717) is 5.11 Å². The summed E-state index contributed by atoms with van der Waals surface area (Å²) in [6.07, 6.45) is 2.02. The van der Waals surface area contributed by atoms with Crippen LogP contribution >= 0.6 is 12.2 Å². The van der Waals surface area contributed by atoms with E-state index in [2.05, 4.69) is 40.9 Å². The van der Waals surface area contributed by atoms with Crippen LogP contribution in [-0.4, -0.2) is 14.9 Å². The van der Waals surface area contributed by atoms with Crippen molar-refractivity contribution in [3.8, 4) is 0 Å².